The maximum Gasteiger partial charge on any atom is 0.157 e. The number of nitrogens with zero attached hydrogens (tertiary/aromatic N) is 1. The molecule has 0 spiro atoms. The van der Waals surface area contributed by atoms with E-state index in [9.17, 15) is 0 Å². The molecule has 2 rings (SSSR count). The third-order valence-corrected chi connectivity index (χ3v) is 4.44. The molecule has 2 unspecified atom stereocenters. The first-order valence-corrected chi connectivity index (χ1v) is 7.59. The standard InChI is InChI=1S/C15H22N2S/c1-10(2)14-9-18-15(17-14)16-12(4)13-8-6-5-7-11(13)3/h5-8,10,12,14H,9H2,1-4H3,(H,16,17). The summed E-state index contributed by atoms with van der Waals surface area (Å²) in [6.07, 6.45) is 0. The lowest BCUT2D eigenvalue weighted by Crippen LogP contribution is -2.23. The van der Waals surface area contributed by atoms with Crippen LogP contribution in [-0.4, -0.2) is 17.0 Å². The van der Waals surface area contributed by atoms with Crippen molar-refractivity contribution in [1.82, 2.24) is 5.32 Å². The second-order valence-electron chi connectivity index (χ2n) is 5.28. The molecule has 1 N–H and O–H groups in total. The van der Waals surface area contributed by atoms with Crippen LogP contribution >= 0.6 is 11.8 Å². The molecule has 3 heteroatoms. The Morgan fingerprint density at radius 3 is 2.61 bits per heavy atom. The zero-order valence-corrected chi connectivity index (χ0v) is 12.4. The second-order valence-corrected chi connectivity index (χ2v) is 6.29. The number of hydrogen-bond donors (Lipinski definition) is 1. The van der Waals surface area contributed by atoms with Crippen LogP contribution in [0.2, 0.25) is 0 Å². The van der Waals surface area contributed by atoms with Crippen molar-refractivity contribution >= 4 is 16.9 Å². The summed E-state index contributed by atoms with van der Waals surface area (Å²) in [4.78, 5) is 4.75. The molecule has 1 aromatic rings. The Balaban J connectivity index is 2.03. The number of rotatable bonds is 3. The largest absolute Gasteiger partial charge is 0.358 e. The normalized spacial score (nSPS) is 20.9. The van der Waals surface area contributed by atoms with E-state index in [-0.39, 0.29) is 0 Å². The van der Waals surface area contributed by atoms with Gasteiger partial charge in [0.25, 0.3) is 0 Å². The van der Waals surface area contributed by atoms with E-state index in [2.05, 4.69) is 57.3 Å². The molecular weight excluding hydrogens is 240 g/mol. The monoisotopic (exact) mass is 262 g/mol. The fraction of sp³-hybridized carbons (Fsp3) is 0.533. The van der Waals surface area contributed by atoms with Crippen LogP contribution in [0.3, 0.4) is 0 Å². The first kappa shape index (κ1) is 13.5. The van der Waals surface area contributed by atoms with Crippen LogP contribution in [0.1, 0.15) is 37.9 Å². The number of nitrogens with one attached hydrogen (secondary N) is 1. The van der Waals surface area contributed by atoms with E-state index in [1.54, 1.807) is 0 Å². The van der Waals surface area contributed by atoms with E-state index in [0.29, 0.717) is 18.0 Å². The average Bonchev–Trinajstić information content (AvgIpc) is 2.78. The Kier molecular flexibility index (Phi) is 4.33. The molecular formula is C15H22N2S. The zero-order valence-electron chi connectivity index (χ0n) is 11.6. The summed E-state index contributed by atoms with van der Waals surface area (Å²) in [5.41, 5.74) is 2.69. The van der Waals surface area contributed by atoms with Gasteiger partial charge < -0.3 is 5.32 Å². The van der Waals surface area contributed by atoms with E-state index in [0.717, 1.165) is 10.9 Å². The molecule has 2 nitrogen and oxygen atoms in total. The molecule has 0 aliphatic carbocycles. The van der Waals surface area contributed by atoms with Crippen LogP contribution in [0.5, 0.6) is 0 Å². The summed E-state index contributed by atoms with van der Waals surface area (Å²) < 4.78 is 0. The summed E-state index contributed by atoms with van der Waals surface area (Å²) in [5.74, 6) is 1.74. The van der Waals surface area contributed by atoms with Crippen LogP contribution in [0, 0.1) is 12.8 Å². The molecule has 0 aromatic heterocycles. The van der Waals surface area contributed by atoms with Crippen molar-refractivity contribution in [2.24, 2.45) is 10.9 Å². The van der Waals surface area contributed by atoms with E-state index >= 15 is 0 Å². The highest BCUT2D eigenvalue weighted by Crippen LogP contribution is 2.24. The minimum atomic E-state index is 0.323. The summed E-state index contributed by atoms with van der Waals surface area (Å²) in [7, 11) is 0. The van der Waals surface area contributed by atoms with Crippen LogP contribution in [-0.2, 0) is 0 Å². The summed E-state index contributed by atoms with van der Waals surface area (Å²) in [6.45, 7) is 8.84. The number of aryl methyl sites for hydroxylation is 1. The Labute approximate surface area is 114 Å². The molecule has 2 atom stereocenters. The molecule has 0 amide bonds. The highest BCUT2D eigenvalue weighted by molar-refractivity contribution is 8.14. The molecule has 0 saturated carbocycles. The zero-order chi connectivity index (χ0) is 13.1. The van der Waals surface area contributed by atoms with Gasteiger partial charge in [-0.3, -0.25) is 4.99 Å². The lowest BCUT2D eigenvalue weighted by Gasteiger charge is -2.17. The number of hydrogen-bond acceptors (Lipinski definition) is 3. The second kappa shape index (κ2) is 5.79. The summed E-state index contributed by atoms with van der Waals surface area (Å²) in [5, 5.41) is 4.64. The highest BCUT2D eigenvalue weighted by atomic mass is 32.2. The molecule has 0 fully saturated rings. The van der Waals surface area contributed by atoms with Gasteiger partial charge in [0, 0.05) is 5.75 Å². The smallest absolute Gasteiger partial charge is 0.157 e. The van der Waals surface area contributed by atoms with Gasteiger partial charge in [0.2, 0.25) is 0 Å². The first-order chi connectivity index (χ1) is 8.58. The van der Waals surface area contributed by atoms with Crippen molar-refractivity contribution in [2.75, 3.05) is 5.75 Å². The van der Waals surface area contributed by atoms with Crippen molar-refractivity contribution in [3.63, 3.8) is 0 Å². The molecule has 1 aromatic carbocycles. The number of benzene rings is 1. The van der Waals surface area contributed by atoms with Crippen LogP contribution in [0.15, 0.2) is 29.3 Å². The van der Waals surface area contributed by atoms with Gasteiger partial charge in [-0.15, -0.1) is 0 Å². The Hall–Kier alpha value is -0.960. The van der Waals surface area contributed by atoms with Gasteiger partial charge in [-0.1, -0.05) is 49.9 Å². The molecule has 1 aliphatic heterocycles. The van der Waals surface area contributed by atoms with Gasteiger partial charge in [0.05, 0.1) is 12.1 Å². The van der Waals surface area contributed by atoms with Gasteiger partial charge >= 0.3 is 0 Å². The third-order valence-electron chi connectivity index (χ3n) is 3.44. The lowest BCUT2D eigenvalue weighted by atomic mass is 10.0. The van der Waals surface area contributed by atoms with Gasteiger partial charge in [0.15, 0.2) is 5.17 Å². The van der Waals surface area contributed by atoms with Gasteiger partial charge in [-0.05, 0) is 30.9 Å². The van der Waals surface area contributed by atoms with E-state index in [1.165, 1.54) is 11.1 Å². The number of aliphatic imine (C=N–C) groups is 1. The van der Waals surface area contributed by atoms with E-state index in [1.807, 2.05) is 11.8 Å². The highest BCUT2D eigenvalue weighted by Gasteiger charge is 2.22. The van der Waals surface area contributed by atoms with Crippen LogP contribution < -0.4 is 5.32 Å². The SMILES string of the molecule is Cc1ccccc1C(C)NC1=NC(C(C)C)CS1. The average molecular weight is 262 g/mol. The maximum atomic E-state index is 4.75. The first-order valence-electron chi connectivity index (χ1n) is 6.60. The minimum absolute atomic E-state index is 0.323. The van der Waals surface area contributed by atoms with Crippen molar-refractivity contribution < 1.29 is 0 Å². The van der Waals surface area contributed by atoms with Crippen molar-refractivity contribution in [3.8, 4) is 0 Å². The molecule has 0 radical (unpaired) electrons. The molecule has 18 heavy (non-hydrogen) atoms. The summed E-state index contributed by atoms with van der Waals surface area (Å²) in [6, 6.07) is 9.33. The Morgan fingerprint density at radius 1 is 1.28 bits per heavy atom. The summed E-state index contributed by atoms with van der Waals surface area (Å²) >= 11 is 1.85. The fourth-order valence-corrected chi connectivity index (χ4v) is 3.40. The van der Waals surface area contributed by atoms with Gasteiger partial charge in [-0.2, -0.15) is 0 Å². The minimum Gasteiger partial charge on any atom is -0.358 e. The van der Waals surface area contributed by atoms with Crippen molar-refractivity contribution in [1.29, 1.82) is 0 Å². The van der Waals surface area contributed by atoms with E-state index < -0.39 is 0 Å². The molecule has 98 valence electrons. The lowest BCUT2D eigenvalue weighted by molar-refractivity contribution is 0.541. The van der Waals surface area contributed by atoms with E-state index in [4.69, 9.17) is 4.99 Å². The van der Waals surface area contributed by atoms with Crippen LogP contribution in [0.25, 0.3) is 0 Å². The number of amidine groups is 1. The predicted molar refractivity (Wildman–Crippen MR) is 81.2 cm³/mol. The maximum absolute atomic E-state index is 4.75. The molecule has 0 saturated heterocycles. The van der Waals surface area contributed by atoms with Crippen molar-refractivity contribution in [2.45, 2.75) is 39.8 Å². The number of thioether (sulfide) groups is 1. The predicted octanol–water partition coefficient (Wildman–Crippen LogP) is 3.77. The fourth-order valence-electron chi connectivity index (χ4n) is 2.15. The topological polar surface area (TPSA) is 24.4 Å². The third kappa shape index (κ3) is 3.08. The Morgan fingerprint density at radius 2 is 2.00 bits per heavy atom. The Bertz CT molecular complexity index is 440. The van der Waals surface area contributed by atoms with Crippen molar-refractivity contribution in [3.05, 3.63) is 35.4 Å². The quantitative estimate of drug-likeness (QED) is 0.896. The molecule has 1 aliphatic rings. The van der Waals surface area contributed by atoms with Crippen LogP contribution in [0.4, 0.5) is 0 Å². The van der Waals surface area contributed by atoms with Gasteiger partial charge in [0.1, 0.15) is 0 Å². The molecule has 1 heterocycles. The molecule has 0 bridgehead atoms. The van der Waals surface area contributed by atoms with Gasteiger partial charge in [-0.25, -0.2) is 0 Å².